The highest BCUT2D eigenvalue weighted by atomic mass is 32.2. The van der Waals surface area contributed by atoms with Crippen molar-refractivity contribution in [3.63, 3.8) is 0 Å². The maximum absolute atomic E-state index is 10.7. The number of aryl methyl sites for hydroxylation is 1. The van der Waals surface area contributed by atoms with Crippen molar-refractivity contribution in [2.24, 2.45) is 0 Å². The Kier molecular flexibility index (Phi) is 4.48. The van der Waals surface area contributed by atoms with Crippen LogP contribution in [0.4, 0.5) is 13.2 Å². The number of alkyl halides is 3. The first-order valence-corrected chi connectivity index (χ1v) is 6.41. The van der Waals surface area contributed by atoms with Crippen LogP contribution in [0.2, 0.25) is 0 Å². The van der Waals surface area contributed by atoms with Crippen LogP contribution in [0.5, 0.6) is 0 Å². The molecule has 2 aromatic heterocycles. The van der Waals surface area contributed by atoms with E-state index in [0.717, 1.165) is 0 Å². The molecule has 0 atom stereocenters. The number of fused-ring (bicyclic) bond motifs is 1. The highest BCUT2D eigenvalue weighted by Crippen LogP contribution is 2.20. The average Bonchev–Trinajstić information content (AvgIpc) is 2.28. The summed E-state index contributed by atoms with van der Waals surface area (Å²) in [4.78, 5) is 0. The highest BCUT2D eigenvalue weighted by Gasteiger charge is 2.36. The predicted molar refractivity (Wildman–Crippen MR) is 60.1 cm³/mol. The fraction of sp³-hybridized carbons (Fsp3) is 0.182. The van der Waals surface area contributed by atoms with Gasteiger partial charge >= 0.3 is 5.51 Å². The zero-order valence-corrected chi connectivity index (χ0v) is 10.6. The summed E-state index contributed by atoms with van der Waals surface area (Å²) in [7, 11) is -6.09. The lowest BCUT2D eigenvalue weighted by molar-refractivity contribution is -0.512. The predicted octanol–water partition coefficient (Wildman–Crippen LogP) is 1.79. The van der Waals surface area contributed by atoms with Crippen molar-refractivity contribution in [1.82, 2.24) is 0 Å². The van der Waals surface area contributed by atoms with Gasteiger partial charge in [0.1, 0.15) is 0 Å². The minimum absolute atomic E-state index is 1.27. The zero-order valence-electron chi connectivity index (χ0n) is 9.76. The number of nitrogens with zero attached hydrogens (tertiary/aromatic N) is 1. The fourth-order valence-corrected chi connectivity index (χ4v) is 1.29. The van der Waals surface area contributed by atoms with Crippen molar-refractivity contribution in [1.29, 1.82) is 0 Å². The minimum atomic E-state index is -6.09. The molecule has 0 aromatic carbocycles. The van der Waals surface area contributed by atoms with E-state index < -0.39 is 15.6 Å². The SMILES string of the molecule is Cc1ccc[n+]2ccccc12.O=S(=O)([O-])C(F)(F)F. The number of hydrogen-bond donors (Lipinski definition) is 0. The lowest BCUT2D eigenvalue weighted by Gasteiger charge is -2.08. The Morgan fingerprint density at radius 3 is 2.11 bits per heavy atom. The standard InChI is InChI=1S/C10H10N.CHF3O3S/c1-9-5-4-8-11-7-3-2-6-10(9)11;2-1(3,4)8(5,6)7/h2-8H,1H3;(H,5,6,7)/q+1;/p-1. The molecule has 19 heavy (non-hydrogen) atoms. The Bertz CT molecular complexity index is 663. The van der Waals surface area contributed by atoms with Crippen LogP contribution in [0.3, 0.4) is 0 Å². The number of aromatic nitrogens is 1. The summed E-state index contributed by atoms with van der Waals surface area (Å²) in [5, 5.41) is 0. The molecular formula is C11H10F3NO3S. The molecule has 0 saturated heterocycles. The van der Waals surface area contributed by atoms with Crippen LogP contribution >= 0.6 is 0 Å². The Morgan fingerprint density at radius 2 is 1.63 bits per heavy atom. The molecule has 0 aliphatic rings. The molecule has 2 aromatic rings. The van der Waals surface area contributed by atoms with Crippen LogP contribution in [0.25, 0.3) is 5.52 Å². The molecule has 0 saturated carbocycles. The van der Waals surface area contributed by atoms with Crippen LogP contribution in [-0.2, 0) is 10.1 Å². The summed E-state index contributed by atoms with van der Waals surface area (Å²) < 4.78 is 61.0. The number of pyridine rings is 2. The lowest BCUT2D eigenvalue weighted by atomic mass is 10.2. The summed E-state index contributed by atoms with van der Waals surface area (Å²) in [6, 6.07) is 10.4. The smallest absolute Gasteiger partial charge is 0.485 e. The molecule has 0 spiro atoms. The average molecular weight is 293 g/mol. The third kappa shape index (κ3) is 4.18. The molecule has 8 heteroatoms. The van der Waals surface area contributed by atoms with Crippen LogP contribution in [0.1, 0.15) is 5.56 Å². The van der Waals surface area contributed by atoms with E-state index in [9.17, 15) is 13.2 Å². The zero-order chi connectivity index (χ0) is 14.7. The molecule has 0 amide bonds. The van der Waals surface area contributed by atoms with Crippen LogP contribution < -0.4 is 4.40 Å². The van der Waals surface area contributed by atoms with Gasteiger partial charge in [-0.2, -0.15) is 17.6 Å². The quantitative estimate of drug-likeness (QED) is 0.422. The molecule has 2 heterocycles. The Hall–Kier alpha value is -1.67. The monoisotopic (exact) mass is 293 g/mol. The van der Waals surface area contributed by atoms with Crippen molar-refractivity contribution < 1.29 is 30.5 Å². The van der Waals surface area contributed by atoms with Gasteiger partial charge in [0.05, 0.1) is 0 Å². The molecule has 0 N–H and O–H groups in total. The summed E-state index contributed by atoms with van der Waals surface area (Å²) in [6.07, 6.45) is 4.12. The number of hydrogen-bond acceptors (Lipinski definition) is 3. The second-order valence-corrected chi connectivity index (χ2v) is 4.96. The topological polar surface area (TPSA) is 61.3 Å². The molecule has 0 aliphatic heterocycles. The van der Waals surface area contributed by atoms with Gasteiger partial charge < -0.3 is 4.55 Å². The molecule has 104 valence electrons. The van der Waals surface area contributed by atoms with Gasteiger partial charge in [0.25, 0.3) is 0 Å². The van der Waals surface area contributed by atoms with Crippen molar-refractivity contribution >= 4 is 15.6 Å². The van der Waals surface area contributed by atoms with E-state index in [1.54, 1.807) is 0 Å². The van der Waals surface area contributed by atoms with Crippen molar-refractivity contribution in [2.75, 3.05) is 0 Å². The van der Waals surface area contributed by atoms with Crippen LogP contribution in [-0.4, -0.2) is 18.5 Å². The molecule has 0 bridgehead atoms. The van der Waals surface area contributed by atoms with E-state index in [-0.39, 0.29) is 0 Å². The van der Waals surface area contributed by atoms with Gasteiger partial charge in [-0.25, -0.2) is 8.42 Å². The molecular weight excluding hydrogens is 283 g/mol. The van der Waals surface area contributed by atoms with Gasteiger partial charge in [0, 0.05) is 23.8 Å². The van der Waals surface area contributed by atoms with Gasteiger partial charge in [-0.15, -0.1) is 0 Å². The Labute approximate surface area is 107 Å². The van der Waals surface area contributed by atoms with E-state index in [1.165, 1.54) is 11.1 Å². The van der Waals surface area contributed by atoms with Gasteiger partial charge in [0.15, 0.2) is 22.5 Å². The third-order valence-corrected chi connectivity index (χ3v) is 2.74. The first kappa shape index (κ1) is 15.4. The molecule has 2 rings (SSSR count). The van der Waals surface area contributed by atoms with Gasteiger partial charge in [-0.1, -0.05) is 0 Å². The fourth-order valence-electron chi connectivity index (χ4n) is 1.29. The first-order chi connectivity index (χ1) is 8.63. The summed E-state index contributed by atoms with van der Waals surface area (Å²) in [5.41, 5.74) is -3.06. The van der Waals surface area contributed by atoms with E-state index in [1.807, 2.05) is 6.07 Å². The molecule has 0 aliphatic carbocycles. The van der Waals surface area contributed by atoms with Crippen LogP contribution in [0.15, 0.2) is 42.7 Å². The second-order valence-electron chi connectivity index (χ2n) is 3.58. The van der Waals surface area contributed by atoms with Gasteiger partial charge in [0.2, 0.25) is 5.52 Å². The Morgan fingerprint density at radius 1 is 1.11 bits per heavy atom. The van der Waals surface area contributed by atoms with E-state index >= 15 is 0 Å². The first-order valence-electron chi connectivity index (χ1n) is 5.01. The molecule has 0 radical (unpaired) electrons. The third-order valence-electron chi connectivity index (χ3n) is 2.17. The summed E-state index contributed by atoms with van der Waals surface area (Å²) >= 11 is 0. The van der Waals surface area contributed by atoms with Crippen molar-refractivity contribution in [3.8, 4) is 0 Å². The van der Waals surface area contributed by atoms with Crippen molar-refractivity contribution in [2.45, 2.75) is 12.4 Å². The minimum Gasteiger partial charge on any atom is -0.741 e. The summed E-state index contributed by atoms with van der Waals surface area (Å²) in [6.45, 7) is 2.12. The maximum Gasteiger partial charge on any atom is 0.485 e. The largest absolute Gasteiger partial charge is 0.741 e. The number of rotatable bonds is 0. The van der Waals surface area contributed by atoms with Crippen molar-refractivity contribution in [3.05, 3.63) is 48.3 Å². The van der Waals surface area contributed by atoms with Gasteiger partial charge in [-0.3, -0.25) is 0 Å². The molecule has 0 fully saturated rings. The molecule has 4 nitrogen and oxygen atoms in total. The van der Waals surface area contributed by atoms with E-state index in [4.69, 9.17) is 13.0 Å². The van der Waals surface area contributed by atoms with Gasteiger partial charge in [-0.05, 0) is 19.1 Å². The second kappa shape index (κ2) is 5.54. The summed E-state index contributed by atoms with van der Waals surface area (Å²) in [5.74, 6) is 0. The molecule has 0 unspecified atom stereocenters. The van der Waals surface area contributed by atoms with Crippen LogP contribution in [0, 0.1) is 6.92 Å². The van der Waals surface area contributed by atoms with E-state index in [0.29, 0.717) is 0 Å². The number of halogens is 3. The normalized spacial score (nSPS) is 11.8. The lowest BCUT2D eigenvalue weighted by Crippen LogP contribution is -2.21. The Balaban J connectivity index is 0.000000203. The van der Waals surface area contributed by atoms with E-state index in [2.05, 4.69) is 48.0 Å². The highest BCUT2D eigenvalue weighted by molar-refractivity contribution is 7.86. The maximum atomic E-state index is 10.7.